The minimum absolute atomic E-state index is 0.0774. The smallest absolute Gasteiger partial charge is 0.251 e. The van der Waals surface area contributed by atoms with Crippen LogP contribution >= 0.6 is 0 Å². The number of ether oxygens (including phenoxy) is 3. The molecule has 1 unspecified atom stereocenters. The zero-order chi connectivity index (χ0) is 22.2. The first kappa shape index (κ1) is 22.4. The van der Waals surface area contributed by atoms with E-state index in [4.69, 9.17) is 14.2 Å². The van der Waals surface area contributed by atoms with Crippen LogP contribution in [0.5, 0.6) is 17.2 Å². The van der Waals surface area contributed by atoms with Crippen molar-refractivity contribution in [3.05, 3.63) is 65.7 Å². The largest absolute Gasteiger partial charge is 0.490 e. The molecule has 2 N–H and O–H groups in total. The van der Waals surface area contributed by atoms with Crippen LogP contribution in [0.3, 0.4) is 0 Å². The molecule has 3 rings (SSSR count). The number of hydrogen-bond acceptors (Lipinski definition) is 5. The normalized spacial score (nSPS) is 11.7. The van der Waals surface area contributed by atoms with Crippen molar-refractivity contribution in [2.75, 3.05) is 26.4 Å². The summed E-state index contributed by atoms with van der Waals surface area (Å²) in [5.74, 6) is 1.06. The molecule has 0 heterocycles. The highest BCUT2D eigenvalue weighted by molar-refractivity contribution is 5.95. The SMILES string of the molecule is CCOc1cc(C(=O)NCC(O)c2cccc3ccccc23)cc(OCC)c1OCC. The third-order valence-corrected chi connectivity index (χ3v) is 4.81. The van der Waals surface area contributed by atoms with Crippen molar-refractivity contribution in [2.24, 2.45) is 0 Å². The highest BCUT2D eigenvalue weighted by Crippen LogP contribution is 2.39. The first-order chi connectivity index (χ1) is 15.1. The van der Waals surface area contributed by atoms with Crippen LogP contribution in [0.1, 0.15) is 42.8 Å². The van der Waals surface area contributed by atoms with Gasteiger partial charge in [0.2, 0.25) is 5.75 Å². The van der Waals surface area contributed by atoms with Crippen molar-refractivity contribution in [2.45, 2.75) is 26.9 Å². The van der Waals surface area contributed by atoms with E-state index < -0.39 is 6.10 Å². The van der Waals surface area contributed by atoms with Crippen LogP contribution in [0.4, 0.5) is 0 Å². The van der Waals surface area contributed by atoms with E-state index in [0.29, 0.717) is 42.6 Å². The second-order valence-electron chi connectivity index (χ2n) is 6.89. The lowest BCUT2D eigenvalue weighted by atomic mass is 10.0. The van der Waals surface area contributed by atoms with Gasteiger partial charge in [0.1, 0.15) is 0 Å². The van der Waals surface area contributed by atoms with E-state index in [1.165, 1.54) is 0 Å². The number of aliphatic hydroxyl groups excluding tert-OH is 1. The topological polar surface area (TPSA) is 77.0 Å². The van der Waals surface area contributed by atoms with Crippen LogP contribution in [0, 0.1) is 0 Å². The lowest BCUT2D eigenvalue weighted by Gasteiger charge is -2.18. The summed E-state index contributed by atoms with van der Waals surface area (Å²) in [7, 11) is 0. The monoisotopic (exact) mass is 423 g/mol. The van der Waals surface area contributed by atoms with Gasteiger partial charge in [0.05, 0.1) is 25.9 Å². The van der Waals surface area contributed by atoms with Gasteiger partial charge in [0.15, 0.2) is 11.5 Å². The third-order valence-electron chi connectivity index (χ3n) is 4.81. The number of fused-ring (bicyclic) bond motifs is 1. The molecule has 0 spiro atoms. The standard InChI is InChI=1S/C25H29NO5/c1-4-29-22-14-18(15-23(30-5-2)24(22)31-6-3)25(28)26-16-21(27)20-13-9-11-17-10-7-8-12-19(17)20/h7-15,21,27H,4-6,16H2,1-3H3,(H,26,28). The molecule has 0 fully saturated rings. The molecule has 164 valence electrons. The van der Waals surface area contributed by atoms with Crippen LogP contribution in [0.2, 0.25) is 0 Å². The van der Waals surface area contributed by atoms with E-state index in [9.17, 15) is 9.90 Å². The van der Waals surface area contributed by atoms with Crippen molar-refractivity contribution >= 4 is 16.7 Å². The van der Waals surface area contributed by atoms with Crippen LogP contribution in [0.25, 0.3) is 10.8 Å². The summed E-state index contributed by atoms with van der Waals surface area (Å²) >= 11 is 0. The minimum atomic E-state index is -0.838. The Kier molecular flexibility index (Phi) is 7.73. The number of carbonyl (C=O) groups excluding carboxylic acids is 1. The Labute approximate surface area is 182 Å². The molecule has 6 nitrogen and oxygen atoms in total. The number of amides is 1. The first-order valence-corrected chi connectivity index (χ1v) is 10.6. The summed E-state index contributed by atoms with van der Waals surface area (Å²) in [6, 6.07) is 16.9. The molecule has 3 aromatic rings. The number of aliphatic hydroxyl groups is 1. The Balaban J connectivity index is 1.80. The predicted octanol–water partition coefficient (Wildman–Crippen LogP) is 4.50. The van der Waals surface area contributed by atoms with Gasteiger partial charge in [-0.15, -0.1) is 0 Å². The molecule has 0 saturated carbocycles. The second kappa shape index (κ2) is 10.7. The third kappa shape index (κ3) is 5.27. The van der Waals surface area contributed by atoms with Gasteiger partial charge in [0, 0.05) is 12.1 Å². The van der Waals surface area contributed by atoms with Crippen molar-refractivity contribution in [3.63, 3.8) is 0 Å². The van der Waals surface area contributed by atoms with Gasteiger partial charge in [0.25, 0.3) is 5.91 Å². The first-order valence-electron chi connectivity index (χ1n) is 10.6. The highest BCUT2D eigenvalue weighted by atomic mass is 16.5. The highest BCUT2D eigenvalue weighted by Gasteiger charge is 2.19. The summed E-state index contributed by atoms with van der Waals surface area (Å²) in [5, 5.41) is 15.5. The number of rotatable bonds is 10. The average Bonchev–Trinajstić information content (AvgIpc) is 2.79. The Bertz CT molecular complexity index is 1000. The van der Waals surface area contributed by atoms with Crippen molar-refractivity contribution in [3.8, 4) is 17.2 Å². The average molecular weight is 424 g/mol. The van der Waals surface area contributed by atoms with Crippen molar-refractivity contribution in [1.82, 2.24) is 5.32 Å². The fourth-order valence-corrected chi connectivity index (χ4v) is 3.46. The lowest BCUT2D eigenvalue weighted by molar-refractivity contribution is 0.0916. The molecule has 0 aliphatic heterocycles. The van der Waals surface area contributed by atoms with E-state index in [1.54, 1.807) is 12.1 Å². The van der Waals surface area contributed by atoms with Gasteiger partial charge >= 0.3 is 0 Å². The number of nitrogens with one attached hydrogen (secondary N) is 1. The lowest BCUT2D eigenvalue weighted by Crippen LogP contribution is -2.28. The summed E-state index contributed by atoms with van der Waals surface area (Å²) < 4.78 is 17.0. The Hall–Kier alpha value is -3.25. The maximum absolute atomic E-state index is 12.9. The van der Waals surface area contributed by atoms with E-state index in [0.717, 1.165) is 16.3 Å². The summed E-state index contributed by atoms with van der Waals surface area (Å²) in [6.45, 7) is 6.98. The Morgan fingerprint density at radius 2 is 1.52 bits per heavy atom. The Morgan fingerprint density at radius 1 is 0.903 bits per heavy atom. The van der Waals surface area contributed by atoms with Crippen molar-refractivity contribution in [1.29, 1.82) is 0 Å². The maximum Gasteiger partial charge on any atom is 0.251 e. The van der Waals surface area contributed by atoms with Gasteiger partial charge in [-0.3, -0.25) is 4.79 Å². The predicted molar refractivity (Wildman–Crippen MR) is 121 cm³/mol. The van der Waals surface area contributed by atoms with Crippen LogP contribution in [-0.4, -0.2) is 37.4 Å². The zero-order valence-electron chi connectivity index (χ0n) is 18.2. The van der Waals surface area contributed by atoms with Crippen LogP contribution in [0.15, 0.2) is 54.6 Å². The molecule has 1 amide bonds. The molecule has 0 bridgehead atoms. The maximum atomic E-state index is 12.9. The molecule has 3 aromatic carbocycles. The molecule has 0 saturated heterocycles. The number of hydrogen-bond donors (Lipinski definition) is 2. The molecule has 0 radical (unpaired) electrons. The number of carbonyl (C=O) groups is 1. The van der Waals surface area contributed by atoms with Crippen LogP contribution < -0.4 is 19.5 Å². The van der Waals surface area contributed by atoms with Crippen LogP contribution in [-0.2, 0) is 0 Å². The summed E-state index contributed by atoms with van der Waals surface area (Å²) in [4.78, 5) is 12.9. The molecule has 0 aromatic heterocycles. The van der Waals surface area contributed by atoms with E-state index in [-0.39, 0.29) is 12.5 Å². The van der Waals surface area contributed by atoms with E-state index in [2.05, 4.69) is 5.32 Å². The molecule has 1 atom stereocenters. The second-order valence-corrected chi connectivity index (χ2v) is 6.89. The van der Waals surface area contributed by atoms with Gasteiger partial charge < -0.3 is 24.6 Å². The van der Waals surface area contributed by atoms with Gasteiger partial charge in [-0.05, 0) is 49.2 Å². The fourth-order valence-electron chi connectivity index (χ4n) is 3.46. The zero-order valence-corrected chi connectivity index (χ0v) is 18.2. The quantitative estimate of drug-likeness (QED) is 0.502. The van der Waals surface area contributed by atoms with Gasteiger partial charge in [-0.25, -0.2) is 0 Å². The van der Waals surface area contributed by atoms with E-state index in [1.807, 2.05) is 63.2 Å². The van der Waals surface area contributed by atoms with Gasteiger partial charge in [-0.1, -0.05) is 42.5 Å². The fraction of sp³-hybridized carbons (Fsp3) is 0.320. The summed E-state index contributed by atoms with van der Waals surface area (Å²) in [5.41, 5.74) is 1.15. The molecular weight excluding hydrogens is 394 g/mol. The Morgan fingerprint density at radius 3 is 2.16 bits per heavy atom. The molecule has 0 aliphatic rings. The summed E-state index contributed by atoms with van der Waals surface area (Å²) in [6.07, 6.45) is -0.838. The van der Waals surface area contributed by atoms with Gasteiger partial charge in [-0.2, -0.15) is 0 Å². The van der Waals surface area contributed by atoms with Crippen molar-refractivity contribution < 1.29 is 24.1 Å². The molecule has 6 heteroatoms. The van der Waals surface area contributed by atoms with E-state index >= 15 is 0 Å². The molecular formula is C25H29NO5. The molecule has 0 aliphatic carbocycles. The minimum Gasteiger partial charge on any atom is -0.490 e. The number of benzene rings is 3. The molecule has 31 heavy (non-hydrogen) atoms.